The SMILES string of the molecule is CC(C)n1nccc1C(=O)N(CCN(C)C)c1nc2c(Cl)cccc2s1. The van der Waals surface area contributed by atoms with Gasteiger partial charge in [-0.3, -0.25) is 14.4 Å². The zero-order chi connectivity index (χ0) is 18.8. The maximum atomic E-state index is 13.3. The number of fused-ring (bicyclic) bond motifs is 1. The van der Waals surface area contributed by atoms with Crippen molar-refractivity contribution in [3.63, 3.8) is 0 Å². The molecule has 0 bridgehead atoms. The Bertz CT molecular complexity index is 917. The smallest absolute Gasteiger partial charge is 0.278 e. The van der Waals surface area contributed by atoms with Gasteiger partial charge in [0.2, 0.25) is 0 Å². The second-order valence-electron chi connectivity index (χ2n) is 6.60. The van der Waals surface area contributed by atoms with E-state index in [1.54, 1.807) is 21.8 Å². The van der Waals surface area contributed by atoms with Gasteiger partial charge in [-0.05, 0) is 46.1 Å². The average Bonchev–Trinajstić information content (AvgIpc) is 3.22. The Morgan fingerprint density at radius 1 is 1.27 bits per heavy atom. The van der Waals surface area contributed by atoms with Gasteiger partial charge in [0.05, 0.1) is 9.72 Å². The first-order chi connectivity index (χ1) is 12.4. The largest absolute Gasteiger partial charge is 0.308 e. The molecule has 8 heteroatoms. The number of carbonyl (C=O) groups is 1. The van der Waals surface area contributed by atoms with E-state index in [0.29, 0.717) is 22.4 Å². The number of nitrogens with zero attached hydrogens (tertiary/aromatic N) is 5. The number of rotatable bonds is 6. The van der Waals surface area contributed by atoms with E-state index in [-0.39, 0.29) is 11.9 Å². The van der Waals surface area contributed by atoms with E-state index in [4.69, 9.17) is 11.6 Å². The number of hydrogen-bond donors (Lipinski definition) is 0. The van der Waals surface area contributed by atoms with E-state index in [1.165, 1.54) is 11.3 Å². The molecule has 0 aliphatic rings. The van der Waals surface area contributed by atoms with Crippen LogP contribution in [0.1, 0.15) is 30.4 Å². The number of amides is 1. The second-order valence-corrected chi connectivity index (χ2v) is 8.01. The van der Waals surface area contributed by atoms with Crippen molar-refractivity contribution in [3.05, 3.63) is 41.2 Å². The minimum Gasteiger partial charge on any atom is -0.308 e. The average molecular weight is 392 g/mol. The second kappa shape index (κ2) is 7.73. The highest BCUT2D eigenvalue weighted by atomic mass is 35.5. The Kier molecular flexibility index (Phi) is 5.60. The molecule has 0 unspecified atom stereocenters. The highest BCUT2D eigenvalue weighted by Gasteiger charge is 2.25. The van der Waals surface area contributed by atoms with Gasteiger partial charge < -0.3 is 4.90 Å². The number of halogens is 1. The molecular formula is C18H22ClN5OS. The van der Waals surface area contributed by atoms with Crippen molar-refractivity contribution < 1.29 is 4.79 Å². The molecule has 0 saturated carbocycles. The normalized spacial score (nSPS) is 11.7. The number of carbonyl (C=O) groups excluding carboxylic acids is 1. The number of thiazole rings is 1. The first-order valence-electron chi connectivity index (χ1n) is 8.43. The van der Waals surface area contributed by atoms with Crippen molar-refractivity contribution in [2.45, 2.75) is 19.9 Å². The zero-order valence-electron chi connectivity index (χ0n) is 15.3. The number of aromatic nitrogens is 3. The minimum absolute atomic E-state index is 0.101. The van der Waals surface area contributed by atoms with E-state index in [1.807, 2.05) is 51.0 Å². The molecule has 0 aliphatic carbocycles. The third-order valence-electron chi connectivity index (χ3n) is 3.98. The van der Waals surface area contributed by atoms with Crippen molar-refractivity contribution in [1.29, 1.82) is 0 Å². The molecule has 3 aromatic rings. The topological polar surface area (TPSA) is 54.3 Å². The lowest BCUT2D eigenvalue weighted by Crippen LogP contribution is -2.38. The van der Waals surface area contributed by atoms with Gasteiger partial charge in [-0.25, -0.2) is 4.98 Å². The van der Waals surface area contributed by atoms with Gasteiger partial charge in [-0.15, -0.1) is 0 Å². The van der Waals surface area contributed by atoms with Crippen LogP contribution >= 0.6 is 22.9 Å². The van der Waals surface area contributed by atoms with Gasteiger partial charge in [0.1, 0.15) is 11.2 Å². The Labute approximate surface area is 162 Å². The molecule has 0 spiro atoms. The van der Waals surface area contributed by atoms with Crippen molar-refractivity contribution >= 4 is 44.2 Å². The Morgan fingerprint density at radius 2 is 2.04 bits per heavy atom. The van der Waals surface area contributed by atoms with Gasteiger partial charge in [0.15, 0.2) is 5.13 Å². The van der Waals surface area contributed by atoms with Crippen LogP contribution in [0.25, 0.3) is 10.2 Å². The van der Waals surface area contributed by atoms with Crippen LogP contribution in [-0.2, 0) is 0 Å². The number of para-hydroxylation sites is 1. The molecule has 3 rings (SSSR count). The molecule has 2 aromatic heterocycles. The van der Waals surface area contributed by atoms with Crippen LogP contribution in [-0.4, -0.2) is 52.8 Å². The standard InChI is InChI=1S/C18H22ClN5OS/c1-12(2)24-14(8-9-20-24)17(25)23(11-10-22(3)4)18-21-16-13(19)6-5-7-15(16)26-18/h5-9,12H,10-11H2,1-4H3. The molecule has 138 valence electrons. The van der Waals surface area contributed by atoms with E-state index >= 15 is 0 Å². The predicted molar refractivity (Wildman–Crippen MR) is 107 cm³/mol. The Balaban J connectivity index is 2.02. The van der Waals surface area contributed by atoms with Crippen LogP contribution in [0.2, 0.25) is 5.02 Å². The fourth-order valence-corrected chi connectivity index (χ4v) is 3.93. The van der Waals surface area contributed by atoms with Crippen LogP contribution in [0, 0.1) is 0 Å². The number of anilines is 1. The van der Waals surface area contributed by atoms with Crippen LogP contribution in [0.3, 0.4) is 0 Å². The third kappa shape index (κ3) is 3.75. The number of likely N-dealkylation sites (N-methyl/N-ethyl adjacent to an activating group) is 1. The molecular weight excluding hydrogens is 370 g/mol. The van der Waals surface area contributed by atoms with Crippen LogP contribution < -0.4 is 4.90 Å². The molecule has 6 nitrogen and oxygen atoms in total. The van der Waals surface area contributed by atoms with Crippen molar-refractivity contribution in [3.8, 4) is 0 Å². The maximum Gasteiger partial charge on any atom is 0.278 e. The van der Waals surface area contributed by atoms with Gasteiger partial charge in [0.25, 0.3) is 5.91 Å². The van der Waals surface area contributed by atoms with Gasteiger partial charge in [0, 0.05) is 25.3 Å². The fourth-order valence-electron chi connectivity index (χ4n) is 2.64. The summed E-state index contributed by atoms with van der Waals surface area (Å²) >= 11 is 7.74. The lowest BCUT2D eigenvalue weighted by atomic mass is 10.3. The highest BCUT2D eigenvalue weighted by molar-refractivity contribution is 7.22. The summed E-state index contributed by atoms with van der Waals surface area (Å²) in [6.45, 7) is 5.27. The molecule has 0 saturated heterocycles. The van der Waals surface area contributed by atoms with Crippen molar-refractivity contribution in [1.82, 2.24) is 19.7 Å². The van der Waals surface area contributed by atoms with Crippen LogP contribution in [0.15, 0.2) is 30.5 Å². The Hall–Kier alpha value is -1.96. The molecule has 26 heavy (non-hydrogen) atoms. The van der Waals surface area contributed by atoms with Gasteiger partial charge in [-0.1, -0.05) is 29.0 Å². The summed E-state index contributed by atoms with van der Waals surface area (Å²) in [7, 11) is 3.96. The van der Waals surface area contributed by atoms with Crippen LogP contribution in [0.4, 0.5) is 5.13 Å². The van der Waals surface area contributed by atoms with Crippen LogP contribution in [0.5, 0.6) is 0 Å². The van der Waals surface area contributed by atoms with Gasteiger partial charge >= 0.3 is 0 Å². The first-order valence-corrected chi connectivity index (χ1v) is 9.63. The summed E-state index contributed by atoms with van der Waals surface area (Å²) in [6, 6.07) is 7.53. The summed E-state index contributed by atoms with van der Waals surface area (Å²) in [5.41, 5.74) is 1.29. The van der Waals surface area contributed by atoms with Gasteiger partial charge in [-0.2, -0.15) is 5.10 Å². The molecule has 0 atom stereocenters. The quantitative estimate of drug-likeness (QED) is 0.638. The Morgan fingerprint density at radius 3 is 2.69 bits per heavy atom. The minimum atomic E-state index is -0.103. The molecule has 1 aromatic carbocycles. The number of hydrogen-bond acceptors (Lipinski definition) is 5. The molecule has 0 aliphatic heterocycles. The molecule has 1 amide bonds. The molecule has 0 N–H and O–H groups in total. The summed E-state index contributed by atoms with van der Waals surface area (Å²) in [5, 5.41) is 5.53. The summed E-state index contributed by atoms with van der Waals surface area (Å²) in [4.78, 5) is 21.7. The fraction of sp³-hybridized carbons (Fsp3) is 0.389. The lowest BCUT2D eigenvalue weighted by Gasteiger charge is -2.22. The van der Waals surface area contributed by atoms with E-state index < -0.39 is 0 Å². The highest BCUT2D eigenvalue weighted by Crippen LogP contribution is 2.33. The molecule has 0 radical (unpaired) electrons. The summed E-state index contributed by atoms with van der Waals surface area (Å²) in [6.07, 6.45) is 1.66. The van der Waals surface area contributed by atoms with E-state index in [0.717, 1.165) is 16.8 Å². The monoisotopic (exact) mass is 391 g/mol. The van der Waals surface area contributed by atoms with E-state index in [2.05, 4.69) is 10.1 Å². The predicted octanol–water partition coefficient (Wildman–Crippen LogP) is 3.94. The first kappa shape index (κ1) is 18.8. The molecule has 0 fully saturated rings. The lowest BCUT2D eigenvalue weighted by molar-refractivity contribution is 0.0973. The summed E-state index contributed by atoms with van der Waals surface area (Å²) in [5.74, 6) is -0.103. The molecule has 2 heterocycles. The third-order valence-corrected chi connectivity index (χ3v) is 5.33. The van der Waals surface area contributed by atoms with Crippen molar-refractivity contribution in [2.24, 2.45) is 0 Å². The zero-order valence-corrected chi connectivity index (χ0v) is 16.9. The van der Waals surface area contributed by atoms with E-state index in [9.17, 15) is 4.79 Å². The summed E-state index contributed by atoms with van der Waals surface area (Å²) < 4.78 is 2.71. The van der Waals surface area contributed by atoms with Crippen molar-refractivity contribution in [2.75, 3.05) is 32.1 Å². The maximum absolute atomic E-state index is 13.3. The number of benzene rings is 1.